The van der Waals surface area contributed by atoms with Crippen molar-refractivity contribution in [3.05, 3.63) is 23.4 Å². The topological polar surface area (TPSA) is 95.2 Å². The second-order valence-corrected chi connectivity index (χ2v) is 3.45. The van der Waals surface area contributed by atoms with Crippen LogP contribution in [0, 0.1) is 18.3 Å². The van der Waals surface area contributed by atoms with Crippen molar-refractivity contribution < 1.29 is 14.6 Å². The maximum Gasteiger partial charge on any atom is 0.328 e. The van der Waals surface area contributed by atoms with Gasteiger partial charge in [-0.1, -0.05) is 0 Å². The van der Waals surface area contributed by atoms with Gasteiger partial charge in [0.05, 0.1) is 12.2 Å². The van der Waals surface area contributed by atoms with Gasteiger partial charge >= 0.3 is 5.97 Å². The van der Waals surface area contributed by atoms with E-state index in [9.17, 15) is 4.79 Å². The summed E-state index contributed by atoms with van der Waals surface area (Å²) in [5.74, 6) is -0.795. The van der Waals surface area contributed by atoms with Crippen molar-refractivity contribution in [2.24, 2.45) is 0 Å². The summed E-state index contributed by atoms with van der Waals surface area (Å²) in [4.78, 5) is 14.9. The molecule has 0 amide bonds. The largest absolute Gasteiger partial charge is 0.480 e. The number of nitriles is 1. The Bertz CT molecular complexity index is 454. The third kappa shape index (κ3) is 3.16. The number of hydrogen-bond donors (Lipinski definition) is 2. The van der Waals surface area contributed by atoms with Gasteiger partial charge in [-0.25, -0.2) is 9.78 Å². The average Bonchev–Trinajstić information content (AvgIpc) is 2.28. The molecule has 6 nitrogen and oxygen atoms in total. The minimum atomic E-state index is -1.06. The van der Waals surface area contributed by atoms with Gasteiger partial charge < -0.3 is 15.2 Å². The Balaban J connectivity index is 2.97. The van der Waals surface area contributed by atoms with E-state index in [4.69, 9.17) is 15.1 Å². The molecule has 0 aliphatic rings. The Morgan fingerprint density at radius 2 is 2.47 bits per heavy atom. The van der Waals surface area contributed by atoms with Crippen LogP contribution in [-0.2, 0) is 9.53 Å². The summed E-state index contributed by atoms with van der Waals surface area (Å²) < 4.78 is 4.79. The number of pyridine rings is 1. The standard InChI is InChI=1S/C11H13N3O3/c1-7-3-4-13-10(8(7)5-12)14-9(6-17-2)11(15)16/h3-4,9H,6H2,1-2H3,(H,13,14)(H,15,16). The summed E-state index contributed by atoms with van der Waals surface area (Å²) >= 11 is 0. The van der Waals surface area contributed by atoms with Crippen LogP contribution in [0.1, 0.15) is 11.1 Å². The molecule has 0 spiro atoms. The number of carboxylic acid groups (broad SMARTS) is 1. The summed E-state index contributed by atoms with van der Waals surface area (Å²) in [6.45, 7) is 1.76. The highest BCUT2D eigenvalue weighted by atomic mass is 16.5. The van der Waals surface area contributed by atoms with Crippen molar-refractivity contribution in [3.63, 3.8) is 0 Å². The zero-order chi connectivity index (χ0) is 12.8. The number of ether oxygens (including phenoxy) is 1. The fourth-order valence-electron chi connectivity index (χ4n) is 1.32. The van der Waals surface area contributed by atoms with Gasteiger partial charge in [0.15, 0.2) is 0 Å². The Hall–Kier alpha value is -2.13. The van der Waals surface area contributed by atoms with E-state index in [1.807, 2.05) is 6.07 Å². The van der Waals surface area contributed by atoms with Crippen LogP contribution in [0.4, 0.5) is 5.82 Å². The zero-order valence-electron chi connectivity index (χ0n) is 9.60. The number of carboxylic acids is 1. The predicted octanol–water partition coefficient (Wildman–Crippen LogP) is 0.773. The molecule has 90 valence electrons. The highest BCUT2D eigenvalue weighted by molar-refractivity contribution is 5.77. The van der Waals surface area contributed by atoms with Crippen LogP contribution in [0.3, 0.4) is 0 Å². The van der Waals surface area contributed by atoms with E-state index in [0.717, 1.165) is 5.56 Å². The maximum atomic E-state index is 10.9. The lowest BCUT2D eigenvalue weighted by atomic mass is 10.1. The summed E-state index contributed by atoms with van der Waals surface area (Å²) in [6, 6.07) is 2.75. The maximum absolute atomic E-state index is 10.9. The summed E-state index contributed by atoms with van der Waals surface area (Å²) in [6.07, 6.45) is 1.52. The van der Waals surface area contributed by atoms with E-state index in [2.05, 4.69) is 10.3 Å². The zero-order valence-corrected chi connectivity index (χ0v) is 9.60. The predicted molar refractivity (Wildman–Crippen MR) is 60.6 cm³/mol. The number of rotatable bonds is 5. The lowest BCUT2D eigenvalue weighted by Crippen LogP contribution is -2.34. The molecule has 2 N–H and O–H groups in total. The highest BCUT2D eigenvalue weighted by Gasteiger charge is 2.19. The van der Waals surface area contributed by atoms with E-state index in [1.54, 1.807) is 13.0 Å². The first-order chi connectivity index (χ1) is 8.10. The van der Waals surface area contributed by atoms with Crippen molar-refractivity contribution in [1.82, 2.24) is 4.98 Å². The lowest BCUT2D eigenvalue weighted by Gasteiger charge is -2.15. The highest BCUT2D eigenvalue weighted by Crippen LogP contribution is 2.16. The number of anilines is 1. The first kappa shape index (κ1) is 12.9. The van der Waals surface area contributed by atoms with Crippen LogP contribution >= 0.6 is 0 Å². The molecule has 0 bridgehead atoms. The van der Waals surface area contributed by atoms with Crippen molar-refractivity contribution in [2.45, 2.75) is 13.0 Å². The van der Waals surface area contributed by atoms with E-state index < -0.39 is 12.0 Å². The monoisotopic (exact) mass is 235 g/mol. The quantitative estimate of drug-likeness (QED) is 0.782. The minimum absolute atomic E-state index is 0.00414. The van der Waals surface area contributed by atoms with Gasteiger partial charge in [-0.15, -0.1) is 0 Å². The molecular formula is C11H13N3O3. The van der Waals surface area contributed by atoms with Crippen molar-refractivity contribution in [2.75, 3.05) is 19.0 Å². The van der Waals surface area contributed by atoms with E-state index in [1.165, 1.54) is 13.3 Å². The van der Waals surface area contributed by atoms with Gasteiger partial charge in [0.1, 0.15) is 17.9 Å². The molecular weight excluding hydrogens is 222 g/mol. The molecule has 0 aromatic carbocycles. The molecule has 6 heteroatoms. The third-order valence-electron chi connectivity index (χ3n) is 2.21. The molecule has 1 aromatic heterocycles. The molecule has 0 saturated carbocycles. The molecule has 0 fully saturated rings. The second kappa shape index (κ2) is 5.82. The van der Waals surface area contributed by atoms with Gasteiger partial charge in [-0.3, -0.25) is 0 Å². The van der Waals surface area contributed by atoms with Crippen molar-refractivity contribution in [1.29, 1.82) is 5.26 Å². The average molecular weight is 235 g/mol. The number of nitrogens with one attached hydrogen (secondary N) is 1. The summed E-state index contributed by atoms with van der Waals surface area (Å²) in [5.41, 5.74) is 1.08. The van der Waals surface area contributed by atoms with E-state index >= 15 is 0 Å². The summed E-state index contributed by atoms with van der Waals surface area (Å²) in [5, 5.41) is 20.6. The molecule has 1 unspecified atom stereocenters. The van der Waals surface area contributed by atoms with Crippen LogP contribution < -0.4 is 5.32 Å². The van der Waals surface area contributed by atoms with Crippen LogP contribution in [0.25, 0.3) is 0 Å². The van der Waals surface area contributed by atoms with Gasteiger partial charge in [-0.2, -0.15) is 5.26 Å². The Morgan fingerprint density at radius 3 is 3.00 bits per heavy atom. The van der Waals surface area contributed by atoms with E-state index in [-0.39, 0.29) is 12.4 Å². The molecule has 1 atom stereocenters. The summed E-state index contributed by atoms with van der Waals surface area (Å²) in [7, 11) is 1.41. The van der Waals surface area contributed by atoms with Gasteiger partial charge in [0, 0.05) is 13.3 Å². The SMILES string of the molecule is COCC(Nc1nccc(C)c1C#N)C(=O)O. The van der Waals surface area contributed by atoms with Gasteiger partial charge in [0.25, 0.3) is 0 Å². The molecule has 1 heterocycles. The minimum Gasteiger partial charge on any atom is -0.480 e. The molecule has 1 aromatic rings. The van der Waals surface area contributed by atoms with Crippen LogP contribution in [0.5, 0.6) is 0 Å². The van der Waals surface area contributed by atoms with Crippen molar-refractivity contribution in [3.8, 4) is 6.07 Å². The number of hydrogen-bond acceptors (Lipinski definition) is 5. The Kier molecular flexibility index (Phi) is 4.43. The molecule has 1 rings (SSSR count). The van der Waals surface area contributed by atoms with Crippen LogP contribution in [0.15, 0.2) is 12.3 Å². The van der Waals surface area contributed by atoms with Crippen molar-refractivity contribution >= 4 is 11.8 Å². The fraction of sp³-hybridized carbons (Fsp3) is 0.364. The number of methoxy groups -OCH3 is 1. The second-order valence-electron chi connectivity index (χ2n) is 3.45. The number of aliphatic carboxylic acids is 1. The van der Waals surface area contributed by atoms with Gasteiger partial charge in [0.2, 0.25) is 0 Å². The smallest absolute Gasteiger partial charge is 0.328 e. The normalized spacial score (nSPS) is 11.6. The van der Waals surface area contributed by atoms with Crippen LogP contribution in [-0.4, -0.2) is 35.8 Å². The number of nitrogens with zero attached hydrogens (tertiary/aromatic N) is 2. The lowest BCUT2D eigenvalue weighted by molar-refractivity contribution is -0.139. The van der Waals surface area contributed by atoms with E-state index in [0.29, 0.717) is 5.56 Å². The third-order valence-corrected chi connectivity index (χ3v) is 2.21. The first-order valence-corrected chi connectivity index (χ1v) is 4.94. The molecule has 0 aliphatic heterocycles. The molecule has 0 radical (unpaired) electrons. The molecule has 0 saturated heterocycles. The number of carbonyl (C=O) groups is 1. The number of aryl methyl sites for hydroxylation is 1. The van der Waals surface area contributed by atoms with Crippen LogP contribution in [0.2, 0.25) is 0 Å². The molecule has 17 heavy (non-hydrogen) atoms. The molecule has 0 aliphatic carbocycles. The Morgan fingerprint density at radius 1 is 1.76 bits per heavy atom. The first-order valence-electron chi connectivity index (χ1n) is 4.94. The van der Waals surface area contributed by atoms with Gasteiger partial charge in [-0.05, 0) is 18.6 Å². The fourth-order valence-corrected chi connectivity index (χ4v) is 1.32. The number of aromatic nitrogens is 1. The Labute approximate surface area is 98.9 Å².